The molecule has 0 fully saturated rings. The minimum Gasteiger partial charge on any atom is -0.457 e. The van der Waals surface area contributed by atoms with Crippen LogP contribution in [-0.2, 0) is 0 Å². The predicted octanol–water partition coefficient (Wildman–Crippen LogP) is 4.97. The molecule has 0 aliphatic heterocycles. The summed E-state index contributed by atoms with van der Waals surface area (Å²) < 4.78 is 5.80. The van der Waals surface area contributed by atoms with E-state index in [2.05, 4.69) is 5.32 Å². The average molecular weight is 341 g/mol. The summed E-state index contributed by atoms with van der Waals surface area (Å²) >= 11 is 11.8. The largest absolute Gasteiger partial charge is 0.457 e. The normalized spacial score (nSPS) is 12.0. The summed E-state index contributed by atoms with van der Waals surface area (Å²) in [6.07, 6.45) is 0. The number of nitro benzene ring substituents is 1. The molecule has 0 spiro atoms. The van der Waals surface area contributed by atoms with Gasteiger partial charge in [-0.2, -0.15) is 0 Å². The van der Waals surface area contributed by atoms with E-state index >= 15 is 0 Å². The maximum absolute atomic E-state index is 10.9. The molecule has 7 heteroatoms. The molecule has 0 bridgehead atoms. The van der Waals surface area contributed by atoms with Gasteiger partial charge >= 0.3 is 0 Å². The lowest BCUT2D eigenvalue weighted by Crippen LogP contribution is -2.13. The zero-order chi connectivity index (χ0) is 16.3. The van der Waals surface area contributed by atoms with Crippen molar-refractivity contribution in [2.45, 2.75) is 13.0 Å². The molecule has 0 amide bonds. The van der Waals surface area contributed by atoms with Crippen molar-refractivity contribution in [1.29, 1.82) is 0 Å². The lowest BCUT2D eigenvalue weighted by molar-refractivity contribution is -0.385. The van der Waals surface area contributed by atoms with E-state index in [-0.39, 0.29) is 11.7 Å². The molecule has 116 valence electrons. The molecule has 1 atom stereocenters. The molecule has 0 aliphatic carbocycles. The van der Waals surface area contributed by atoms with Crippen molar-refractivity contribution in [3.8, 4) is 11.5 Å². The van der Waals surface area contributed by atoms with Crippen LogP contribution in [0.15, 0.2) is 36.4 Å². The molecule has 1 unspecified atom stereocenters. The number of ether oxygens (including phenoxy) is 1. The Morgan fingerprint density at radius 2 is 1.91 bits per heavy atom. The number of non-ortho nitro benzene ring substituents is 1. The molecule has 2 rings (SSSR count). The van der Waals surface area contributed by atoms with Crippen LogP contribution in [0.25, 0.3) is 0 Å². The third kappa shape index (κ3) is 3.68. The number of hydrogen-bond donors (Lipinski definition) is 1. The standard InChI is InChI=1S/C15H14Cl2N2O3/c1-9(18-2)12-7-10(19(20)21)3-6-15(12)22-11-4-5-13(16)14(17)8-11/h3-9,18H,1-2H3. The first-order chi connectivity index (χ1) is 10.4. The fourth-order valence-electron chi connectivity index (χ4n) is 1.90. The summed E-state index contributed by atoms with van der Waals surface area (Å²) in [6.45, 7) is 1.89. The predicted molar refractivity (Wildman–Crippen MR) is 87.1 cm³/mol. The first kappa shape index (κ1) is 16.5. The number of halogens is 2. The Hall–Kier alpha value is -1.82. The molecule has 1 N–H and O–H groups in total. The van der Waals surface area contributed by atoms with Gasteiger partial charge in [0.2, 0.25) is 0 Å². The molecule has 22 heavy (non-hydrogen) atoms. The van der Waals surface area contributed by atoms with Crippen molar-refractivity contribution in [2.24, 2.45) is 0 Å². The number of nitrogens with zero attached hydrogens (tertiary/aromatic N) is 1. The van der Waals surface area contributed by atoms with Crippen LogP contribution in [0.2, 0.25) is 10.0 Å². The Bertz CT molecular complexity index is 707. The molecule has 2 aromatic carbocycles. The number of rotatable bonds is 5. The summed E-state index contributed by atoms with van der Waals surface area (Å²) in [5, 5.41) is 14.8. The topological polar surface area (TPSA) is 64.4 Å². The van der Waals surface area contributed by atoms with E-state index in [4.69, 9.17) is 27.9 Å². The molecule has 5 nitrogen and oxygen atoms in total. The van der Waals surface area contributed by atoms with Gasteiger partial charge in [0.25, 0.3) is 5.69 Å². The molecule has 0 heterocycles. The fourth-order valence-corrected chi connectivity index (χ4v) is 2.19. The fraction of sp³-hybridized carbons (Fsp3) is 0.200. The van der Waals surface area contributed by atoms with Crippen LogP contribution in [-0.4, -0.2) is 12.0 Å². The summed E-state index contributed by atoms with van der Waals surface area (Å²) in [5.41, 5.74) is 0.696. The Kier molecular flexibility index (Phi) is 5.24. The minimum absolute atomic E-state index is 0.0126. The van der Waals surface area contributed by atoms with Gasteiger partial charge in [0, 0.05) is 29.8 Å². The third-order valence-electron chi connectivity index (χ3n) is 3.22. The first-order valence-electron chi connectivity index (χ1n) is 6.51. The van der Waals surface area contributed by atoms with Crippen LogP contribution in [0.5, 0.6) is 11.5 Å². The van der Waals surface area contributed by atoms with Gasteiger partial charge < -0.3 is 10.1 Å². The Morgan fingerprint density at radius 3 is 2.50 bits per heavy atom. The van der Waals surface area contributed by atoms with Crippen LogP contribution < -0.4 is 10.1 Å². The van der Waals surface area contributed by atoms with E-state index in [9.17, 15) is 10.1 Å². The summed E-state index contributed by atoms with van der Waals surface area (Å²) in [4.78, 5) is 10.5. The SMILES string of the molecule is CNC(C)c1cc([N+](=O)[O-])ccc1Oc1ccc(Cl)c(Cl)c1. The van der Waals surface area contributed by atoms with E-state index in [1.54, 1.807) is 31.3 Å². The van der Waals surface area contributed by atoms with Crippen molar-refractivity contribution in [3.05, 3.63) is 62.1 Å². The molecule has 0 aromatic heterocycles. The van der Waals surface area contributed by atoms with Gasteiger partial charge in [-0.3, -0.25) is 10.1 Å². The van der Waals surface area contributed by atoms with Gasteiger partial charge in [-0.15, -0.1) is 0 Å². The first-order valence-corrected chi connectivity index (χ1v) is 7.26. The molecular formula is C15H14Cl2N2O3. The molecule has 0 saturated heterocycles. The monoisotopic (exact) mass is 340 g/mol. The highest BCUT2D eigenvalue weighted by Crippen LogP contribution is 2.34. The summed E-state index contributed by atoms with van der Waals surface area (Å²) in [6, 6.07) is 9.27. The maximum Gasteiger partial charge on any atom is 0.270 e. The maximum atomic E-state index is 10.9. The zero-order valence-electron chi connectivity index (χ0n) is 12.0. The van der Waals surface area contributed by atoms with Crippen molar-refractivity contribution in [2.75, 3.05) is 7.05 Å². The second kappa shape index (κ2) is 6.96. The zero-order valence-corrected chi connectivity index (χ0v) is 13.5. The van der Waals surface area contributed by atoms with Gasteiger partial charge in [-0.05, 0) is 32.2 Å². The molecule has 0 saturated carbocycles. The van der Waals surface area contributed by atoms with Gasteiger partial charge in [-0.25, -0.2) is 0 Å². The van der Waals surface area contributed by atoms with Crippen LogP contribution in [0.4, 0.5) is 5.69 Å². The van der Waals surface area contributed by atoms with Gasteiger partial charge in [0.15, 0.2) is 0 Å². The van der Waals surface area contributed by atoms with E-state index in [0.29, 0.717) is 27.1 Å². The molecule has 2 aromatic rings. The van der Waals surface area contributed by atoms with E-state index in [1.165, 1.54) is 12.1 Å². The second-order valence-corrected chi connectivity index (χ2v) is 5.48. The molecule has 0 aliphatic rings. The lowest BCUT2D eigenvalue weighted by atomic mass is 10.1. The third-order valence-corrected chi connectivity index (χ3v) is 3.96. The van der Waals surface area contributed by atoms with Crippen molar-refractivity contribution < 1.29 is 9.66 Å². The number of benzene rings is 2. The average Bonchev–Trinajstić information content (AvgIpc) is 2.50. The van der Waals surface area contributed by atoms with E-state index in [1.807, 2.05) is 6.92 Å². The number of nitro groups is 1. The van der Waals surface area contributed by atoms with Crippen LogP contribution in [0.1, 0.15) is 18.5 Å². The Labute approximate surface area is 138 Å². The minimum atomic E-state index is -0.436. The Morgan fingerprint density at radius 1 is 1.18 bits per heavy atom. The van der Waals surface area contributed by atoms with Gasteiger partial charge in [-0.1, -0.05) is 23.2 Å². The van der Waals surface area contributed by atoms with Crippen LogP contribution in [0.3, 0.4) is 0 Å². The molecule has 0 radical (unpaired) electrons. The van der Waals surface area contributed by atoms with Crippen molar-refractivity contribution in [1.82, 2.24) is 5.32 Å². The van der Waals surface area contributed by atoms with E-state index in [0.717, 1.165) is 0 Å². The van der Waals surface area contributed by atoms with E-state index < -0.39 is 4.92 Å². The second-order valence-electron chi connectivity index (χ2n) is 4.67. The van der Waals surface area contributed by atoms with Gasteiger partial charge in [0.05, 0.1) is 15.0 Å². The highest BCUT2D eigenvalue weighted by Gasteiger charge is 2.16. The Balaban J connectivity index is 2.40. The number of hydrogen-bond acceptors (Lipinski definition) is 4. The molecular weight excluding hydrogens is 327 g/mol. The van der Waals surface area contributed by atoms with Gasteiger partial charge in [0.1, 0.15) is 11.5 Å². The quantitative estimate of drug-likeness (QED) is 0.616. The highest BCUT2D eigenvalue weighted by molar-refractivity contribution is 6.42. The lowest BCUT2D eigenvalue weighted by Gasteiger charge is -2.16. The smallest absolute Gasteiger partial charge is 0.270 e. The van der Waals surface area contributed by atoms with Crippen molar-refractivity contribution in [3.63, 3.8) is 0 Å². The van der Waals surface area contributed by atoms with Crippen LogP contribution >= 0.6 is 23.2 Å². The van der Waals surface area contributed by atoms with Crippen LogP contribution in [0, 0.1) is 10.1 Å². The summed E-state index contributed by atoms with van der Waals surface area (Å²) in [5.74, 6) is 1.03. The number of nitrogens with one attached hydrogen (secondary N) is 1. The summed E-state index contributed by atoms with van der Waals surface area (Å²) in [7, 11) is 1.77. The highest BCUT2D eigenvalue weighted by atomic mass is 35.5. The van der Waals surface area contributed by atoms with Crippen molar-refractivity contribution >= 4 is 28.9 Å².